The SMILES string of the molecule is Cc1cc(C(=O)Nc2cc(F)cc(F)c2)c(C)n1-c1ccccc1C(F)(F)F. The van der Waals surface area contributed by atoms with Crippen LogP contribution < -0.4 is 5.32 Å². The van der Waals surface area contributed by atoms with Crippen LogP contribution in [0.4, 0.5) is 27.6 Å². The van der Waals surface area contributed by atoms with Crippen LogP contribution in [0.15, 0.2) is 48.5 Å². The molecular formula is C20H15F5N2O. The molecule has 3 nitrogen and oxygen atoms in total. The minimum absolute atomic E-state index is 0.0944. The van der Waals surface area contributed by atoms with Gasteiger partial charge in [-0.1, -0.05) is 12.1 Å². The normalized spacial score (nSPS) is 11.5. The number of rotatable bonds is 3. The number of aromatic nitrogens is 1. The highest BCUT2D eigenvalue weighted by Crippen LogP contribution is 2.35. The lowest BCUT2D eigenvalue weighted by atomic mass is 10.1. The van der Waals surface area contributed by atoms with Gasteiger partial charge in [-0.2, -0.15) is 13.2 Å². The molecule has 0 atom stereocenters. The summed E-state index contributed by atoms with van der Waals surface area (Å²) >= 11 is 0. The van der Waals surface area contributed by atoms with E-state index in [0.717, 1.165) is 18.2 Å². The van der Waals surface area contributed by atoms with E-state index in [1.54, 1.807) is 6.92 Å². The van der Waals surface area contributed by atoms with Gasteiger partial charge in [0.05, 0.1) is 16.8 Å². The smallest absolute Gasteiger partial charge is 0.322 e. The third-order valence-corrected chi connectivity index (χ3v) is 4.25. The molecule has 0 radical (unpaired) electrons. The molecule has 0 spiro atoms. The van der Waals surface area contributed by atoms with Crippen LogP contribution in [0.2, 0.25) is 0 Å². The van der Waals surface area contributed by atoms with Crippen LogP contribution in [0, 0.1) is 25.5 Å². The maximum Gasteiger partial charge on any atom is 0.418 e. The highest BCUT2D eigenvalue weighted by molar-refractivity contribution is 6.05. The van der Waals surface area contributed by atoms with Crippen molar-refractivity contribution in [2.45, 2.75) is 20.0 Å². The Morgan fingerprint density at radius 3 is 2.18 bits per heavy atom. The number of para-hydroxylation sites is 1. The summed E-state index contributed by atoms with van der Waals surface area (Å²) in [6, 6.07) is 9.00. The second-order valence-corrected chi connectivity index (χ2v) is 6.25. The maximum atomic E-state index is 13.4. The summed E-state index contributed by atoms with van der Waals surface area (Å²) in [4.78, 5) is 12.5. The second kappa shape index (κ2) is 7.10. The van der Waals surface area contributed by atoms with Crippen LogP contribution in [0.5, 0.6) is 0 Å². The number of carbonyl (C=O) groups is 1. The molecule has 0 aliphatic heterocycles. The first-order valence-corrected chi connectivity index (χ1v) is 8.21. The molecule has 3 rings (SSSR count). The van der Waals surface area contributed by atoms with Crippen molar-refractivity contribution in [3.05, 3.63) is 82.7 Å². The summed E-state index contributed by atoms with van der Waals surface area (Å²) in [5.74, 6) is -2.41. The molecule has 0 bridgehead atoms. The van der Waals surface area contributed by atoms with Crippen molar-refractivity contribution < 1.29 is 26.7 Å². The largest absolute Gasteiger partial charge is 0.418 e. The number of alkyl halides is 3. The van der Waals surface area contributed by atoms with Gasteiger partial charge in [-0.15, -0.1) is 0 Å². The third-order valence-electron chi connectivity index (χ3n) is 4.25. The average Bonchev–Trinajstić information content (AvgIpc) is 2.87. The van der Waals surface area contributed by atoms with E-state index in [1.165, 1.54) is 35.8 Å². The molecule has 0 saturated carbocycles. The van der Waals surface area contributed by atoms with E-state index in [9.17, 15) is 26.7 Å². The van der Waals surface area contributed by atoms with Crippen LogP contribution in [-0.2, 0) is 6.18 Å². The fourth-order valence-electron chi connectivity index (χ4n) is 3.10. The van der Waals surface area contributed by atoms with Crippen molar-refractivity contribution in [1.29, 1.82) is 0 Å². The van der Waals surface area contributed by atoms with Crippen LogP contribution in [0.1, 0.15) is 27.3 Å². The lowest BCUT2D eigenvalue weighted by molar-refractivity contribution is -0.137. The van der Waals surface area contributed by atoms with Crippen LogP contribution in [0.3, 0.4) is 0 Å². The first-order valence-electron chi connectivity index (χ1n) is 8.21. The molecule has 28 heavy (non-hydrogen) atoms. The zero-order chi connectivity index (χ0) is 20.6. The third kappa shape index (κ3) is 3.76. The Morgan fingerprint density at radius 1 is 0.964 bits per heavy atom. The number of nitrogens with zero attached hydrogens (tertiary/aromatic N) is 1. The van der Waals surface area contributed by atoms with Gasteiger partial charge in [0.2, 0.25) is 0 Å². The van der Waals surface area contributed by atoms with E-state index in [2.05, 4.69) is 5.32 Å². The zero-order valence-corrected chi connectivity index (χ0v) is 14.9. The van der Waals surface area contributed by atoms with Crippen molar-refractivity contribution in [3.63, 3.8) is 0 Å². The van der Waals surface area contributed by atoms with E-state index < -0.39 is 29.3 Å². The maximum absolute atomic E-state index is 13.4. The lowest BCUT2D eigenvalue weighted by Crippen LogP contribution is -2.15. The summed E-state index contributed by atoms with van der Waals surface area (Å²) in [5.41, 5.74) is -0.271. The first-order chi connectivity index (χ1) is 13.1. The van der Waals surface area contributed by atoms with E-state index in [1.807, 2.05) is 0 Å². The Kier molecular flexibility index (Phi) is 4.97. The predicted octanol–water partition coefficient (Wildman–Crippen LogP) is 5.64. The standard InChI is InChI=1S/C20H15F5N2O/c1-11-7-16(19(28)26-15-9-13(21)8-14(22)10-15)12(2)27(11)18-6-4-3-5-17(18)20(23,24)25/h3-10H,1-2H3,(H,26,28). The van der Waals surface area contributed by atoms with Gasteiger partial charge in [-0.25, -0.2) is 8.78 Å². The number of hydrogen-bond donors (Lipinski definition) is 1. The van der Waals surface area contributed by atoms with Crippen molar-refractivity contribution >= 4 is 11.6 Å². The Hall–Kier alpha value is -3.16. The molecule has 146 valence electrons. The van der Waals surface area contributed by atoms with Crippen molar-refractivity contribution in [1.82, 2.24) is 4.57 Å². The fraction of sp³-hybridized carbons (Fsp3) is 0.150. The minimum atomic E-state index is -4.57. The van der Waals surface area contributed by atoms with Gasteiger partial charge in [0.25, 0.3) is 5.91 Å². The Morgan fingerprint density at radius 2 is 1.57 bits per heavy atom. The lowest BCUT2D eigenvalue weighted by Gasteiger charge is -2.16. The first kappa shape index (κ1) is 19.6. The van der Waals surface area contributed by atoms with Gasteiger partial charge >= 0.3 is 6.18 Å². The van der Waals surface area contributed by atoms with Gasteiger partial charge in [0, 0.05) is 23.1 Å². The van der Waals surface area contributed by atoms with Gasteiger partial charge in [-0.05, 0) is 44.2 Å². The van der Waals surface area contributed by atoms with Gasteiger partial charge in [-0.3, -0.25) is 4.79 Å². The quantitative estimate of drug-likeness (QED) is 0.573. The molecule has 0 aliphatic carbocycles. The predicted molar refractivity (Wildman–Crippen MR) is 94.6 cm³/mol. The number of hydrogen-bond acceptors (Lipinski definition) is 1. The van der Waals surface area contributed by atoms with Crippen molar-refractivity contribution in [3.8, 4) is 5.69 Å². The second-order valence-electron chi connectivity index (χ2n) is 6.25. The summed E-state index contributed by atoms with van der Waals surface area (Å²) in [6.07, 6.45) is -4.57. The zero-order valence-electron chi connectivity index (χ0n) is 14.9. The molecule has 1 aromatic heterocycles. The molecule has 0 saturated heterocycles. The fourth-order valence-corrected chi connectivity index (χ4v) is 3.10. The van der Waals surface area contributed by atoms with Crippen molar-refractivity contribution in [2.75, 3.05) is 5.32 Å². The monoisotopic (exact) mass is 394 g/mol. The summed E-state index contributed by atoms with van der Waals surface area (Å²) in [5, 5.41) is 2.36. The number of halogens is 5. The summed E-state index contributed by atoms with van der Waals surface area (Å²) in [6.45, 7) is 3.07. The number of nitrogens with one attached hydrogen (secondary N) is 1. The molecule has 3 aromatic rings. The molecule has 0 aliphatic rings. The van der Waals surface area contributed by atoms with Crippen LogP contribution in [0.25, 0.3) is 5.69 Å². The topological polar surface area (TPSA) is 34.0 Å². The molecule has 2 aromatic carbocycles. The van der Waals surface area contributed by atoms with Crippen LogP contribution >= 0.6 is 0 Å². The van der Waals surface area contributed by atoms with E-state index in [4.69, 9.17) is 0 Å². The number of aryl methyl sites for hydroxylation is 1. The summed E-state index contributed by atoms with van der Waals surface area (Å²) in [7, 11) is 0. The molecule has 1 N–H and O–H groups in total. The highest BCUT2D eigenvalue weighted by atomic mass is 19.4. The van der Waals surface area contributed by atoms with Gasteiger partial charge in [0.1, 0.15) is 11.6 Å². The molecule has 1 heterocycles. The molecule has 0 unspecified atom stereocenters. The Labute approximate surface area is 157 Å². The molecular weight excluding hydrogens is 379 g/mol. The van der Waals surface area contributed by atoms with E-state index >= 15 is 0 Å². The van der Waals surface area contributed by atoms with Gasteiger partial charge < -0.3 is 9.88 Å². The summed E-state index contributed by atoms with van der Waals surface area (Å²) < 4.78 is 68.0. The highest BCUT2D eigenvalue weighted by Gasteiger charge is 2.34. The molecule has 0 fully saturated rings. The van der Waals surface area contributed by atoms with E-state index in [-0.39, 0.29) is 22.6 Å². The van der Waals surface area contributed by atoms with Crippen LogP contribution in [-0.4, -0.2) is 10.5 Å². The number of benzene rings is 2. The Bertz CT molecular complexity index is 1030. The molecule has 8 heteroatoms. The van der Waals surface area contributed by atoms with Crippen molar-refractivity contribution in [2.24, 2.45) is 0 Å². The number of amides is 1. The minimum Gasteiger partial charge on any atom is -0.322 e. The average molecular weight is 394 g/mol. The van der Waals surface area contributed by atoms with E-state index in [0.29, 0.717) is 11.8 Å². The number of anilines is 1. The Balaban J connectivity index is 2.03. The number of carbonyl (C=O) groups excluding carboxylic acids is 1. The van der Waals surface area contributed by atoms with Gasteiger partial charge in [0.15, 0.2) is 0 Å². The molecule has 1 amide bonds.